The molecule has 2 rings (SSSR count). The number of rotatable bonds is 6. The van der Waals surface area contributed by atoms with Crippen molar-refractivity contribution in [3.8, 4) is 0 Å². The molecule has 132 valence electrons. The molecular formula is C16H18N4O5. The second-order valence-corrected chi connectivity index (χ2v) is 5.46. The van der Waals surface area contributed by atoms with E-state index in [-0.39, 0.29) is 23.6 Å². The van der Waals surface area contributed by atoms with Gasteiger partial charge in [0.05, 0.1) is 4.92 Å². The van der Waals surface area contributed by atoms with Crippen LogP contribution in [0.5, 0.6) is 0 Å². The molecule has 1 N–H and O–H groups in total. The Balaban J connectivity index is 1.91. The highest BCUT2D eigenvalue weighted by Crippen LogP contribution is 2.21. The third-order valence-corrected chi connectivity index (χ3v) is 3.59. The van der Waals surface area contributed by atoms with Gasteiger partial charge in [0.25, 0.3) is 5.91 Å². The minimum absolute atomic E-state index is 0.134. The number of nitrogens with zero attached hydrogens (tertiary/aromatic N) is 3. The van der Waals surface area contributed by atoms with E-state index >= 15 is 0 Å². The van der Waals surface area contributed by atoms with E-state index in [0.29, 0.717) is 5.69 Å². The van der Waals surface area contributed by atoms with Crippen LogP contribution in [0.1, 0.15) is 17.0 Å². The molecule has 0 aliphatic heterocycles. The molecule has 2 aromatic rings. The summed E-state index contributed by atoms with van der Waals surface area (Å²) in [7, 11) is 0. The van der Waals surface area contributed by atoms with Crippen molar-refractivity contribution in [2.45, 2.75) is 27.3 Å². The van der Waals surface area contributed by atoms with Gasteiger partial charge in [-0.25, -0.2) is 0 Å². The van der Waals surface area contributed by atoms with Gasteiger partial charge >= 0.3 is 11.7 Å². The molecule has 0 unspecified atom stereocenters. The van der Waals surface area contributed by atoms with E-state index in [4.69, 9.17) is 4.74 Å². The van der Waals surface area contributed by atoms with Crippen molar-refractivity contribution in [1.82, 2.24) is 9.78 Å². The van der Waals surface area contributed by atoms with Gasteiger partial charge in [0.15, 0.2) is 6.61 Å². The number of ether oxygens (including phenoxy) is 1. The smallest absolute Gasteiger partial charge is 0.328 e. The zero-order chi connectivity index (χ0) is 18.6. The predicted octanol–water partition coefficient (Wildman–Crippen LogP) is 1.90. The molecule has 1 aromatic heterocycles. The summed E-state index contributed by atoms with van der Waals surface area (Å²) in [6.45, 7) is 4.07. The third kappa shape index (κ3) is 4.40. The van der Waals surface area contributed by atoms with Gasteiger partial charge in [-0.05, 0) is 32.4 Å². The van der Waals surface area contributed by atoms with Crippen molar-refractivity contribution in [2.75, 3.05) is 11.9 Å². The highest BCUT2D eigenvalue weighted by Gasteiger charge is 2.23. The molecule has 1 heterocycles. The number of para-hydroxylation sites is 1. The van der Waals surface area contributed by atoms with Gasteiger partial charge in [-0.1, -0.05) is 18.2 Å². The van der Waals surface area contributed by atoms with Crippen LogP contribution in [0, 0.1) is 30.9 Å². The van der Waals surface area contributed by atoms with Crippen molar-refractivity contribution >= 4 is 23.3 Å². The first kappa shape index (κ1) is 18.1. The van der Waals surface area contributed by atoms with Gasteiger partial charge in [-0.15, -0.1) is 0 Å². The summed E-state index contributed by atoms with van der Waals surface area (Å²) in [5.41, 5.74) is 1.86. The first-order valence-corrected chi connectivity index (χ1v) is 7.49. The number of amides is 1. The zero-order valence-corrected chi connectivity index (χ0v) is 14.1. The number of aromatic nitrogens is 2. The minimum Gasteiger partial charge on any atom is -0.454 e. The van der Waals surface area contributed by atoms with Crippen LogP contribution in [0.15, 0.2) is 24.3 Å². The number of aryl methyl sites for hydroxylation is 2. The lowest BCUT2D eigenvalue weighted by Gasteiger charge is -2.09. The Morgan fingerprint density at radius 2 is 1.96 bits per heavy atom. The standard InChI is InChI=1S/C16H18N4O5/c1-10-6-4-5-7-13(10)17-14(21)9-25-15(22)8-19-12(3)16(20(23)24)11(2)18-19/h4-7H,8-9H2,1-3H3,(H,17,21). The minimum atomic E-state index is -0.708. The quantitative estimate of drug-likeness (QED) is 0.485. The lowest BCUT2D eigenvalue weighted by molar-refractivity contribution is -0.386. The number of hydrogen-bond donors (Lipinski definition) is 1. The van der Waals surface area contributed by atoms with Crippen molar-refractivity contribution < 1.29 is 19.2 Å². The number of hydrogen-bond acceptors (Lipinski definition) is 6. The van der Waals surface area contributed by atoms with Gasteiger partial charge in [-0.2, -0.15) is 5.10 Å². The number of carbonyl (C=O) groups excluding carboxylic acids is 2. The normalized spacial score (nSPS) is 10.4. The molecule has 9 nitrogen and oxygen atoms in total. The first-order valence-electron chi connectivity index (χ1n) is 7.49. The lowest BCUT2D eigenvalue weighted by Crippen LogP contribution is -2.23. The Morgan fingerprint density at radius 3 is 2.56 bits per heavy atom. The third-order valence-electron chi connectivity index (χ3n) is 3.59. The summed E-state index contributed by atoms with van der Waals surface area (Å²) in [5.74, 6) is -1.18. The number of nitrogens with one attached hydrogen (secondary N) is 1. The molecule has 0 bridgehead atoms. The second-order valence-electron chi connectivity index (χ2n) is 5.46. The molecule has 1 aromatic carbocycles. The highest BCUT2D eigenvalue weighted by atomic mass is 16.6. The molecule has 25 heavy (non-hydrogen) atoms. The van der Waals surface area contributed by atoms with Crippen LogP contribution in [0.3, 0.4) is 0 Å². The van der Waals surface area contributed by atoms with Crippen LogP contribution in [0.2, 0.25) is 0 Å². The van der Waals surface area contributed by atoms with Crippen molar-refractivity contribution in [3.63, 3.8) is 0 Å². The molecular weight excluding hydrogens is 328 g/mol. The number of nitro groups is 1. The fraction of sp³-hybridized carbons (Fsp3) is 0.312. The lowest BCUT2D eigenvalue weighted by atomic mass is 10.2. The molecule has 1 amide bonds. The monoisotopic (exact) mass is 346 g/mol. The molecule has 0 saturated heterocycles. The van der Waals surface area contributed by atoms with E-state index in [2.05, 4.69) is 10.4 Å². The van der Waals surface area contributed by atoms with E-state index in [1.165, 1.54) is 18.5 Å². The molecule has 0 saturated carbocycles. The van der Waals surface area contributed by atoms with Crippen LogP contribution in [-0.4, -0.2) is 33.2 Å². The van der Waals surface area contributed by atoms with Gasteiger partial charge in [-0.3, -0.25) is 24.4 Å². The Labute approximate surface area is 143 Å². The van der Waals surface area contributed by atoms with Crippen molar-refractivity contribution in [2.24, 2.45) is 0 Å². The van der Waals surface area contributed by atoms with Crippen molar-refractivity contribution in [1.29, 1.82) is 0 Å². The van der Waals surface area contributed by atoms with Gasteiger partial charge in [0.1, 0.15) is 17.9 Å². The van der Waals surface area contributed by atoms with Gasteiger partial charge in [0, 0.05) is 5.69 Å². The number of anilines is 1. The fourth-order valence-electron chi connectivity index (χ4n) is 2.32. The fourth-order valence-corrected chi connectivity index (χ4v) is 2.32. The van der Waals surface area contributed by atoms with Crippen LogP contribution in [0.4, 0.5) is 11.4 Å². The van der Waals surface area contributed by atoms with Crippen molar-refractivity contribution in [3.05, 3.63) is 51.3 Å². The topological polar surface area (TPSA) is 116 Å². The Hall–Kier alpha value is -3.23. The van der Waals surface area contributed by atoms with E-state index in [9.17, 15) is 19.7 Å². The van der Waals surface area contributed by atoms with Crippen LogP contribution < -0.4 is 5.32 Å². The summed E-state index contributed by atoms with van der Waals surface area (Å²) < 4.78 is 6.09. The molecule has 0 aliphatic carbocycles. The summed E-state index contributed by atoms with van der Waals surface area (Å²) in [4.78, 5) is 34.1. The molecule has 0 fully saturated rings. The summed E-state index contributed by atoms with van der Waals surface area (Å²) in [6, 6.07) is 7.21. The average molecular weight is 346 g/mol. The number of carbonyl (C=O) groups is 2. The second kappa shape index (κ2) is 7.56. The Morgan fingerprint density at radius 1 is 1.28 bits per heavy atom. The summed E-state index contributed by atoms with van der Waals surface area (Å²) in [5, 5.41) is 17.5. The molecule has 0 radical (unpaired) electrons. The molecule has 0 atom stereocenters. The summed E-state index contributed by atoms with van der Waals surface area (Å²) in [6.07, 6.45) is 0. The maximum Gasteiger partial charge on any atom is 0.328 e. The molecule has 0 spiro atoms. The highest BCUT2D eigenvalue weighted by molar-refractivity contribution is 5.93. The average Bonchev–Trinajstić information content (AvgIpc) is 2.81. The van der Waals surface area contributed by atoms with Gasteiger partial charge < -0.3 is 10.1 Å². The SMILES string of the molecule is Cc1ccccc1NC(=O)COC(=O)Cn1nc(C)c([N+](=O)[O-])c1C. The van der Waals surface area contributed by atoms with Crippen LogP contribution >= 0.6 is 0 Å². The maximum absolute atomic E-state index is 11.8. The van der Waals surface area contributed by atoms with E-state index in [1.54, 1.807) is 12.1 Å². The molecule has 9 heteroatoms. The predicted molar refractivity (Wildman–Crippen MR) is 89.1 cm³/mol. The summed E-state index contributed by atoms with van der Waals surface area (Å²) >= 11 is 0. The maximum atomic E-state index is 11.8. The molecule has 0 aliphatic rings. The largest absolute Gasteiger partial charge is 0.454 e. The Kier molecular flexibility index (Phi) is 5.48. The first-order chi connectivity index (χ1) is 11.8. The zero-order valence-electron chi connectivity index (χ0n) is 14.1. The van der Waals surface area contributed by atoms with Crippen LogP contribution in [0.25, 0.3) is 0 Å². The van der Waals surface area contributed by atoms with E-state index in [0.717, 1.165) is 5.56 Å². The van der Waals surface area contributed by atoms with Gasteiger partial charge in [0.2, 0.25) is 0 Å². The van der Waals surface area contributed by atoms with E-state index in [1.807, 2.05) is 19.1 Å². The van der Waals surface area contributed by atoms with Crippen LogP contribution in [-0.2, 0) is 20.9 Å². The number of esters is 1. The van der Waals surface area contributed by atoms with E-state index < -0.39 is 23.4 Å². The number of benzene rings is 1. The Bertz CT molecular complexity index is 828.